The number of anilines is 1. The average Bonchev–Trinajstić information content (AvgIpc) is 3.51. The standard InChI is InChI=1S/C19H21N2O4P.C15H12N2O.C5H7NO2.2C2H6/c1-3-23-26(22,24-4-2)25-18-14-20-19(15-10-6-5-7-11-15)16-12-8-9-13-17(16)21-18;18-14-10-16-15(11-6-2-1-3-7-11)12-8-4-5-9-13(12)17-14;1-2-8-5(7)3-4-6;2*1-2/h5-13H,3-4,14H2,1-2H3;1-9H,10H2,(H,17,18);2-3H2,1H3;2*1-2H3. The van der Waals surface area contributed by atoms with Gasteiger partial charge in [0, 0.05) is 22.3 Å². The maximum absolute atomic E-state index is 12.7. The second-order valence-electron chi connectivity index (χ2n) is 10.7. The molecule has 0 fully saturated rings. The van der Waals surface area contributed by atoms with Gasteiger partial charge in [-0.15, -0.1) is 0 Å². The lowest BCUT2D eigenvalue weighted by atomic mass is 10.0. The number of nitrogens with one attached hydrogen (secondary N) is 1. The number of nitriles is 1. The van der Waals surface area contributed by atoms with E-state index in [1.165, 1.54) is 0 Å². The first kappa shape index (κ1) is 46.4. The van der Waals surface area contributed by atoms with Crippen LogP contribution in [-0.2, 0) is 32.5 Å². The van der Waals surface area contributed by atoms with E-state index < -0.39 is 13.8 Å². The highest BCUT2D eigenvalue weighted by Crippen LogP contribution is 2.50. The van der Waals surface area contributed by atoms with Crippen molar-refractivity contribution in [3.05, 3.63) is 131 Å². The predicted octanol–water partition coefficient (Wildman–Crippen LogP) is 9.76. The monoisotopic (exact) mass is 781 g/mol. The Hall–Kier alpha value is -5.73. The van der Waals surface area contributed by atoms with Crippen molar-refractivity contribution >= 4 is 48.4 Å². The van der Waals surface area contributed by atoms with Crippen LogP contribution >= 0.6 is 7.82 Å². The highest BCUT2D eigenvalue weighted by atomic mass is 31.2. The number of aliphatic imine (C=N–C) groups is 3. The van der Waals surface area contributed by atoms with Gasteiger partial charge >= 0.3 is 13.8 Å². The van der Waals surface area contributed by atoms with Crippen LogP contribution in [0.1, 0.15) is 77.1 Å². The summed E-state index contributed by atoms with van der Waals surface area (Å²) < 4.78 is 33.0. The summed E-state index contributed by atoms with van der Waals surface area (Å²) in [7, 11) is -3.71. The Kier molecular flexibility index (Phi) is 21.7. The molecule has 0 aliphatic carbocycles. The van der Waals surface area contributed by atoms with Crippen molar-refractivity contribution in [1.82, 2.24) is 0 Å². The molecule has 6 rings (SSSR count). The molecule has 0 atom stereocenters. The molecule has 1 N–H and O–H groups in total. The minimum absolute atomic E-state index is 0.0756. The Bertz CT molecular complexity index is 1980. The van der Waals surface area contributed by atoms with Gasteiger partial charge in [0.05, 0.1) is 48.7 Å². The summed E-state index contributed by atoms with van der Waals surface area (Å²) in [4.78, 5) is 35.4. The van der Waals surface area contributed by atoms with Gasteiger partial charge in [0.2, 0.25) is 11.8 Å². The summed E-state index contributed by atoms with van der Waals surface area (Å²) in [6, 6.07) is 36.9. The van der Waals surface area contributed by atoms with Gasteiger partial charge in [-0.3, -0.25) is 28.6 Å². The van der Waals surface area contributed by atoms with Gasteiger partial charge < -0.3 is 14.6 Å². The molecule has 12 nitrogen and oxygen atoms in total. The quantitative estimate of drug-likeness (QED) is 0.130. The predicted molar refractivity (Wildman–Crippen MR) is 224 cm³/mol. The summed E-state index contributed by atoms with van der Waals surface area (Å²) in [6.07, 6.45) is -0.145. The highest BCUT2D eigenvalue weighted by Gasteiger charge is 2.30. The zero-order valence-electron chi connectivity index (χ0n) is 33.2. The molecule has 0 aromatic heterocycles. The molecule has 0 bridgehead atoms. The fourth-order valence-corrected chi connectivity index (χ4v) is 6.11. The largest absolute Gasteiger partial charge is 0.531 e. The van der Waals surface area contributed by atoms with Crippen molar-refractivity contribution in [2.24, 2.45) is 15.0 Å². The van der Waals surface area contributed by atoms with Crippen molar-refractivity contribution < 1.29 is 32.5 Å². The zero-order valence-corrected chi connectivity index (χ0v) is 34.1. The number of rotatable bonds is 9. The number of nitrogens with zero attached hydrogens (tertiary/aromatic N) is 4. The van der Waals surface area contributed by atoms with Gasteiger partial charge in [-0.2, -0.15) is 5.26 Å². The van der Waals surface area contributed by atoms with Gasteiger partial charge in [0.1, 0.15) is 19.5 Å². The van der Waals surface area contributed by atoms with Crippen LogP contribution in [0.4, 0.5) is 11.4 Å². The fourth-order valence-electron chi connectivity index (χ4n) is 4.94. The minimum Gasteiger partial charge on any atom is -0.465 e. The van der Waals surface area contributed by atoms with E-state index >= 15 is 0 Å². The average molecular weight is 782 g/mol. The van der Waals surface area contributed by atoms with Crippen molar-refractivity contribution in [3.8, 4) is 6.07 Å². The number of fused-ring (bicyclic) bond motifs is 2. The number of esters is 1. The van der Waals surface area contributed by atoms with Crippen LogP contribution in [-0.4, -0.2) is 62.1 Å². The van der Waals surface area contributed by atoms with Crippen LogP contribution in [0, 0.1) is 11.3 Å². The van der Waals surface area contributed by atoms with E-state index in [-0.39, 0.29) is 44.5 Å². The molecular formula is C43H52N5O7P. The number of hydrogen-bond acceptors (Lipinski definition) is 11. The molecule has 1 amide bonds. The third-order valence-electron chi connectivity index (χ3n) is 7.03. The molecule has 296 valence electrons. The Balaban J connectivity index is 0.000000312. The molecule has 56 heavy (non-hydrogen) atoms. The summed E-state index contributed by atoms with van der Waals surface area (Å²) in [6.45, 7) is 14.2. The van der Waals surface area contributed by atoms with Gasteiger partial charge in [0.15, 0.2) is 0 Å². The fraction of sp³-hybridized carbons (Fsp3) is 0.302. The Labute approximate surface area is 331 Å². The second kappa shape index (κ2) is 26.1. The summed E-state index contributed by atoms with van der Waals surface area (Å²) in [5, 5.41) is 10.8. The Morgan fingerprint density at radius 2 is 1.21 bits per heavy atom. The van der Waals surface area contributed by atoms with Crippen LogP contribution in [0.2, 0.25) is 0 Å². The molecule has 0 saturated heterocycles. The van der Waals surface area contributed by atoms with Crippen LogP contribution in [0.5, 0.6) is 0 Å². The van der Waals surface area contributed by atoms with E-state index in [1.54, 1.807) is 26.8 Å². The number of carbonyl (C=O) groups is 2. The van der Waals surface area contributed by atoms with E-state index in [2.05, 4.69) is 25.0 Å². The molecular weight excluding hydrogens is 729 g/mol. The molecule has 0 saturated carbocycles. The molecule has 13 heteroatoms. The first-order valence-electron chi connectivity index (χ1n) is 18.7. The molecule has 2 aliphatic heterocycles. The number of para-hydroxylation sites is 2. The number of phosphoric ester groups is 1. The molecule has 4 aromatic rings. The van der Waals surface area contributed by atoms with E-state index in [0.717, 1.165) is 39.4 Å². The normalized spacial score (nSPS) is 12.4. The first-order chi connectivity index (χ1) is 27.3. The third kappa shape index (κ3) is 14.8. The summed E-state index contributed by atoms with van der Waals surface area (Å²) in [5.41, 5.74) is 7.06. The van der Waals surface area contributed by atoms with Crippen LogP contribution in [0.25, 0.3) is 0 Å². The lowest BCUT2D eigenvalue weighted by Gasteiger charge is -2.17. The molecule has 0 radical (unpaired) electrons. The summed E-state index contributed by atoms with van der Waals surface area (Å²) in [5.74, 6) is -0.322. The molecule has 0 unspecified atom stereocenters. The van der Waals surface area contributed by atoms with Crippen LogP contribution < -0.4 is 5.32 Å². The van der Waals surface area contributed by atoms with E-state index in [1.807, 2.05) is 137 Å². The van der Waals surface area contributed by atoms with Crippen LogP contribution in [0.15, 0.2) is 124 Å². The molecule has 2 heterocycles. The molecule has 2 aliphatic rings. The highest BCUT2D eigenvalue weighted by molar-refractivity contribution is 7.49. The topological polar surface area (TPSA) is 161 Å². The lowest BCUT2D eigenvalue weighted by Crippen LogP contribution is -2.13. The van der Waals surface area contributed by atoms with Gasteiger partial charge in [-0.05, 0) is 32.9 Å². The van der Waals surface area contributed by atoms with E-state index in [0.29, 0.717) is 12.3 Å². The number of benzene rings is 4. The maximum atomic E-state index is 12.7. The SMILES string of the molecule is CC.CC.CCOC(=O)CC#N.CCOP(=O)(OCC)OC1=Nc2ccccc2C(c2ccccc2)=NC1.O=C1CN=C(c2ccccc2)c2ccccc2N1. The number of carbonyl (C=O) groups excluding carboxylic acids is 2. The smallest absolute Gasteiger partial charge is 0.465 e. The number of ether oxygens (including phenoxy) is 1. The number of benzodiazepines with no additional fused rings is 1. The summed E-state index contributed by atoms with van der Waals surface area (Å²) >= 11 is 0. The maximum Gasteiger partial charge on any atom is 0.531 e. The third-order valence-corrected chi connectivity index (χ3v) is 8.61. The van der Waals surface area contributed by atoms with Gasteiger partial charge in [0.25, 0.3) is 0 Å². The van der Waals surface area contributed by atoms with Gasteiger partial charge in [-0.25, -0.2) is 9.56 Å². The molecule has 0 spiro atoms. The van der Waals surface area contributed by atoms with E-state index in [9.17, 15) is 14.2 Å². The lowest BCUT2D eigenvalue weighted by molar-refractivity contribution is -0.141. The van der Waals surface area contributed by atoms with Gasteiger partial charge in [-0.1, -0.05) is 125 Å². The zero-order chi connectivity index (χ0) is 41.2. The van der Waals surface area contributed by atoms with Crippen molar-refractivity contribution in [1.29, 1.82) is 5.26 Å². The van der Waals surface area contributed by atoms with Crippen LogP contribution in [0.3, 0.4) is 0 Å². The van der Waals surface area contributed by atoms with Crippen molar-refractivity contribution in [2.45, 2.75) is 54.9 Å². The second-order valence-corrected chi connectivity index (χ2v) is 12.3. The van der Waals surface area contributed by atoms with Crippen molar-refractivity contribution in [2.75, 3.05) is 38.2 Å². The minimum atomic E-state index is -3.71. The van der Waals surface area contributed by atoms with Crippen molar-refractivity contribution in [3.63, 3.8) is 0 Å². The number of phosphoric acid groups is 1. The first-order valence-corrected chi connectivity index (χ1v) is 20.1. The molecule has 4 aromatic carbocycles. The Morgan fingerprint density at radius 1 is 0.714 bits per heavy atom. The number of hydrogen-bond donors (Lipinski definition) is 1. The van der Waals surface area contributed by atoms with E-state index in [4.69, 9.17) is 18.8 Å². The number of amides is 1. The Morgan fingerprint density at radius 3 is 1.77 bits per heavy atom.